The second-order valence-corrected chi connectivity index (χ2v) is 5.93. The van der Waals surface area contributed by atoms with Crippen LogP contribution in [0.4, 0.5) is 11.5 Å². The highest BCUT2D eigenvalue weighted by molar-refractivity contribution is 7.92. The quantitative estimate of drug-likeness (QED) is 0.901. The number of sulfonamides is 1. The fraction of sp³-hybridized carbons (Fsp3) is 0. The molecule has 1 heterocycles. The Morgan fingerprint density at radius 3 is 2.60 bits per heavy atom. The molecule has 0 aliphatic heterocycles. The van der Waals surface area contributed by atoms with E-state index in [0.717, 1.165) is 0 Å². The van der Waals surface area contributed by atoms with Crippen LogP contribution >= 0.6 is 11.6 Å². The van der Waals surface area contributed by atoms with Crippen LogP contribution in [0, 0.1) is 11.3 Å². The van der Waals surface area contributed by atoms with Crippen LogP contribution in [0.1, 0.15) is 5.56 Å². The molecule has 8 heteroatoms. The first kappa shape index (κ1) is 14.1. The van der Waals surface area contributed by atoms with Crippen molar-refractivity contribution in [2.45, 2.75) is 4.90 Å². The SMILES string of the molecule is N#Cc1ccc(S(=O)(=O)Nc2ccc(N)cn2)cc1Cl. The first-order valence-corrected chi connectivity index (χ1v) is 7.22. The van der Waals surface area contributed by atoms with Gasteiger partial charge in [-0.1, -0.05) is 11.6 Å². The summed E-state index contributed by atoms with van der Waals surface area (Å²) < 4.78 is 26.5. The molecule has 0 fully saturated rings. The summed E-state index contributed by atoms with van der Waals surface area (Å²) >= 11 is 5.81. The van der Waals surface area contributed by atoms with E-state index in [1.165, 1.54) is 36.5 Å². The Hall–Kier alpha value is -2.30. The minimum Gasteiger partial charge on any atom is -0.397 e. The number of nitrogens with one attached hydrogen (secondary N) is 1. The summed E-state index contributed by atoms with van der Waals surface area (Å²) in [6.45, 7) is 0. The standard InChI is InChI=1S/C12H9ClN4O2S/c13-11-5-10(3-1-8(11)6-14)20(18,19)17-12-4-2-9(15)7-16-12/h1-5,7H,15H2,(H,16,17). The molecule has 20 heavy (non-hydrogen) atoms. The van der Waals surface area contributed by atoms with Crippen molar-refractivity contribution in [2.24, 2.45) is 0 Å². The molecular weight excluding hydrogens is 300 g/mol. The van der Waals surface area contributed by atoms with E-state index in [1.54, 1.807) is 0 Å². The van der Waals surface area contributed by atoms with Gasteiger partial charge in [-0.05, 0) is 30.3 Å². The molecular formula is C12H9ClN4O2S. The Morgan fingerprint density at radius 1 is 1.30 bits per heavy atom. The van der Waals surface area contributed by atoms with Crippen molar-refractivity contribution in [3.63, 3.8) is 0 Å². The molecule has 1 aromatic heterocycles. The fourth-order valence-corrected chi connectivity index (χ4v) is 2.74. The van der Waals surface area contributed by atoms with Crippen LogP contribution in [0.3, 0.4) is 0 Å². The van der Waals surface area contributed by atoms with Crippen molar-refractivity contribution in [3.05, 3.63) is 47.1 Å². The van der Waals surface area contributed by atoms with Crippen LogP contribution in [0.2, 0.25) is 5.02 Å². The molecule has 0 atom stereocenters. The van der Waals surface area contributed by atoms with Gasteiger partial charge in [-0.2, -0.15) is 5.26 Å². The van der Waals surface area contributed by atoms with Crippen molar-refractivity contribution in [2.75, 3.05) is 10.5 Å². The Balaban J connectivity index is 2.33. The minimum absolute atomic E-state index is 0.0554. The third kappa shape index (κ3) is 2.99. The molecule has 102 valence electrons. The van der Waals surface area contributed by atoms with Gasteiger partial charge in [0, 0.05) is 0 Å². The number of halogens is 1. The van der Waals surface area contributed by atoms with Gasteiger partial charge < -0.3 is 5.73 Å². The smallest absolute Gasteiger partial charge is 0.263 e. The minimum atomic E-state index is -3.82. The van der Waals surface area contributed by atoms with Crippen LogP contribution < -0.4 is 10.5 Å². The molecule has 0 spiro atoms. The van der Waals surface area contributed by atoms with E-state index in [1.807, 2.05) is 6.07 Å². The maximum absolute atomic E-state index is 12.1. The molecule has 0 amide bonds. The average molecular weight is 309 g/mol. The number of nitrogens with two attached hydrogens (primary N) is 1. The van der Waals surface area contributed by atoms with Crippen molar-refractivity contribution in [1.29, 1.82) is 5.26 Å². The lowest BCUT2D eigenvalue weighted by Crippen LogP contribution is -2.14. The van der Waals surface area contributed by atoms with Crippen LogP contribution in [0.5, 0.6) is 0 Å². The van der Waals surface area contributed by atoms with E-state index in [-0.39, 0.29) is 21.3 Å². The number of benzene rings is 1. The zero-order chi connectivity index (χ0) is 14.8. The number of hydrogen-bond acceptors (Lipinski definition) is 5. The number of hydrogen-bond donors (Lipinski definition) is 2. The zero-order valence-electron chi connectivity index (χ0n) is 10.0. The molecule has 2 aromatic rings. The molecule has 0 radical (unpaired) electrons. The number of aromatic nitrogens is 1. The number of rotatable bonds is 3. The number of anilines is 2. The van der Waals surface area contributed by atoms with Gasteiger partial charge in [0.15, 0.2) is 0 Å². The molecule has 0 unspecified atom stereocenters. The van der Waals surface area contributed by atoms with Gasteiger partial charge >= 0.3 is 0 Å². The first-order chi connectivity index (χ1) is 9.42. The van der Waals surface area contributed by atoms with E-state index < -0.39 is 10.0 Å². The summed E-state index contributed by atoms with van der Waals surface area (Å²) in [5.41, 5.74) is 6.10. The van der Waals surface area contributed by atoms with Crippen LogP contribution in [0.25, 0.3) is 0 Å². The summed E-state index contributed by atoms with van der Waals surface area (Å²) in [7, 11) is -3.82. The Kier molecular flexibility index (Phi) is 3.79. The van der Waals surface area contributed by atoms with Gasteiger partial charge in [0.2, 0.25) is 0 Å². The molecule has 0 aliphatic rings. The van der Waals surface area contributed by atoms with Crippen LogP contribution in [0.15, 0.2) is 41.4 Å². The fourth-order valence-electron chi connectivity index (χ4n) is 1.42. The summed E-state index contributed by atoms with van der Waals surface area (Å²) in [5, 5.41) is 8.82. The lowest BCUT2D eigenvalue weighted by atomic mass is 10.2. The molecule has 0 aliphatic carbocycles. The summed E-state index contributed by atoms with van der Waals surface area (Å²) in [6, 6.07) is 8.67. The number of nitrogen functional groups attached to an aromatic ring is 1. The summed E-state index contributed by atoms with van der Waals surface area (Å²) in [4.78, 5) is 3.79. The highest BCUT2D eigenvalue weighted by Gasteiger charge is 2.16. The Bertz CT molecular complexity index is 782. The highest BCUT2D eigenvalue weighted by atomic mass is 35.5. The van der Waals surface area contributed by atoms with Gasteiger partial charge in [-0.3, -0.25) is 4.72 Å². The predicted octanol–water partition coefficient (Wildman–Crippen LogP) is 1.99. The maximum Gasteiger partial charge on any atom is 0.263 e. The van der Waals surface area contributed by atoms with Crippen LogP contribution in [-0.2, 0) is 10.0 Å². The third-order valence-electron chi connectivity index (χ3n) is 2.40. The normalized spacial score (nSPS) is 10.8. The Labute approximate surface area is 120 Å². The third-order valence-corrected chi connectivity index (χ3v) is 4.06. The zero-order valence-corrected chi connectivity index (χ0v) is 11.6. The largest absolute Gasteiger partial charge is 0.397 e. The van der Waals surface area contributed by atoms with Crippen molar-refractivity contribution < 1.29 is 8.42 Å². The highest BCUT2D eigenvalue weighted by Crippen LogP contribution is 2.21. The molecule has 3 N–H and O–H groups in total. The maximum atomic E-state index is 12.1. The van der Waals surface area contributed by atoms with Crippen molar-refractivity contribution in [1.82, 2.24) is 4.98 Å². The van der Waals surface area contributed by atoms with Gasteiger partial charge in [0.1, 0.15) is 11.9 Å². The molecule has 1 aromatic carbocycles. The van der Waals surface area contributed by atoms with Gasteiger partial charge in [0.05, 0.1) is 27.4 Å². The Morgan fingerprint density at radius 2 is 2.05 bits per heavy atom. The second kappa shape index (κ2) is 5.36. The van der Waals surface area contributed by atoms with Gasteiger partial charge in [-0.15, -0.1) is 0 Å². The lowest BCUT2D eigenvalue weighted by Gasteiger charge is -2.08. The molecule has 2 rings (SSSR count). The van der Waals surface area contributed by atoms with E-state index in [4.69, 9.17) is 22.6 Å². The van der Waals surface area contributed by atoms with Crippen LogP contribution in [-0.4, -0.2) is 13.4 Å². The number of nitriles is 1. The summed E-state index contributed by atoms with van der Waals surface area (Å²) in [5.74, 6) is 0.139. The number of nitrogens with zero attached hydrogens (tertiary/aromatic N) is 2. The van der Waals surface area contributed by atoms with Crippen molar-refractivity contribution >= 4 is 33.1 Å². The average Bonchev–Trinajstić information content (AvgIpc) is 2.41. The molecule has 0 saturated heterocycles. The molecule has 0 saturated carbocycles. The van der Waals surface area contributed by atoms with Gasteiger partial charge in [-0.25, -0.2) is 13.4 Å². The van der Waals surface area contributed by atoms with E-state index in [0.29, 0.717) is 5.69 Å². The van der Waals surface area contributed by atoms with E-state index in [9.17, 15) is 8.42 Å². The monoisotopic (exact) mass is 308 g/mol. The van der Waals surface area contributed by atoms with E-state index >= 15 is 0 Å². The lowest BCUT2D eigenvalue weighted by molar-refractivity contribution is 0.601. The molecule has 0 bridgehead atoms. The number of pyridine rings is 1. The van der Waals surface area contributed by atoms with E-state index in [2.05, 4.69) is 9.71 Å². The van der Waals surface area contributed by atoms with Gasteiger partial charge in [0.25, 0.3) is 10.0 Å². The topological polar surface area (TPSA) is 109 Å². The van der Waals surface area contributed by atoms with Crippen molar-refractivity contribution in [3.8, 4) is 6.07 Å². The first-order valence-electron chi connectivity index (χ1n) is 5.36. The predicted molar refractivity (Wildman–Crippen MR) is 75.6 cm³/mol. The second-order valence-electron chi connectivity index (χ2n) is 3.84. The summed E-state index contributed by atoms with van der Waals surface area (Å²) in [6.07, 6.45) is 1.34. The molecule has 6 nitrogen and oxygen atoms in total.